The molecule has 6 nitrogen and oxygen atoms in total. The molecule has 2 N–H and O–H groups in total. The van der Waals surface area contributed by atoms with Gasteiger partial charge >= 0.3 is 5.97 Å². The van der Waals surface area contributed by atoms with Gasteiger partial charge < -0.3 is 19.9 Å². The highest BCUT2D eigenvalue weighted by molar-refractivity contribution is 5.92. The minimum atomic E-state index is -0.457. The fourth-order valence-corrected chi connectivity index (χ4v) is 1.84. The number of carbonyl (C=O) groups excluding carboxylic acids is 1. The number of hydrogen-bond donors (Lipinski definition) is 1. The number of esters is 1. The molecule has 0 aliphatic carbocycles. The first kappa shape index (κ1) is 16.5. The fourth-order valence-electron chi connectivity index (χ4n) is 1.84. The lowest BCUT2D eigenvalue weighted by atomic mass is 10.0. The Hall–Kier alpha value is -1.56. The Morgan fingerprint density at radius 3 is 2.45 bits per heavy atom. The lowest BCUT2D eigenvalue weighted by Gasteiger charge is -2.33. The van der Waals surface area contributed by atoms with Gasteiger partial charge in [-0.15, -0.1) is 0 Å². The van der Waals surface area contributed by atoms with E-state index in [0.29, 0.717) is 25.4 Å². The molecule has 1 heterocycles. The zero-order valence-electron chi connectivity index (χ0n) is 13.4. The molecule has 0 bridgehead atoms. The smallest absolute Gasteiger partial charge is 0.360 e. The quantitative estimate of drug-likeness (QED) is 0.801. The van der Waals surface area contributed by atoms with E-state index in [1.807, 2.05) is 25.6 Å². The summed E-state index contributed by atoms with van der Waals surface area (Å²) in [6.07, 6.45) is 0.715. The molecule has 0 radical (unpaired) electrons. The van der Waals surface area contributed by atoms with Crippen LogP contribution in [-0.4, -0.2) is 46.7 Å². The summed E-state index contributed by atoms with van der Waals surface area (Å²) in [6, 6.07) is 0. The van der Waals surface area contributed by atoms with Crippen LogP contribution < -0.4 is 5.73 Å². The molecular weight excluding hydrogens is 256 g/mol. The molecule has 0 aliphatic rings. The van der Waals surface area contributed by atoms with Gasteiger partial charge in [-0.3, -0.25) is 0 Å². The van der Waals surface area contributed by atoms with Crippen molar-refractivity contribution in [2.24, 2.45) is 0 Å². The Morgan fingerprint density at radius 1 is 1.40 bits per heavy atom. The van der Waals surface area contributed by atoms with Gasteiger partial charge in [-0.25, -0.2) is 9.78 Å². The second kappa shape index (κ2) is 6.26. The van der Waals surface area contributed by atoms with Gasteiger partial charge in [0.1, 0.15) is 11.6 Å². The van der Waals surface area contributed by atoms with E-state index in [-0.39, 0.29) is 11.2 Å². The normalized spacial score (nSPS) is 11.9. The van der Waals surface area contributed by atoms with E-state index in [4.69, 9.17) is 10.5 Å². The molecule has 1 aromatic rings. The molecule has 0 fully saturated rings. The molecule has 0 amide bonds. The number of anilines is 1. The molecule has 0 spiro atoms. The van der Waals surface area contributed by atoms with E-state index in [0.717, 1.165) is 5.82 Å². The number of rotatable bonds is 6. The molecule has 1 rings (SSSR count). The summed E-state index contributed by atoms with van der Waals surface area (Å²) in [4.78, 5) is 18.3. The van der Waals surface area contributed by atoms with Gasteiger partial charge in [-0.2, -0.15) is 0 Å². The molecule has 114 valence electrons. The third-order valence-corrected chi connectivity index (χ3v) is 3.63. The number of nitrogens with zero attached hydrogens (tertiary/aromatic N) is 3. The van der Waals surface area contributed by atoms with Crippen molar-refractivity contribution in [3.8, 4) is 0 Å². The van der Waals surface area contributed by atoms with Gasteiger partial charge in [-0.05, 0) is 34.9 Å². The van der Waals surface area contributed by atoms with Crippen LogP contribution in [0.15, 0.2) is 0 Å². The first-order valence-corrected chi connectivity index (χ1v) is 6.94. The zero-order chi connectivity index (χ0) is 15.5. The number of imidazole rings is 1. The largest absolute Gasteiger partial charge is 0.461 e. The van der Waals surface area contributed by atoms with E-state index in [1.54, 1.807) is 6.92 Å². The lowest BCUT2D eigenvalue weighted by molar-refractivity contribution is 0.0521. The summed E-state index contributed by atoms with van der Waals surface area (Å²) in [5.74, 6) is 0.733. The number of aryl methyl sites for hydroxylation is 1. The van der Waals surface area contributed by atoms with E-state index in [1.165, 1.54) is 0 Å². The number of likely N-dealkylation sites (N-methyl/N-ethyl adjacent to an activating group) is 1. The van der Waals surface area contributed by atoms with Gasteiger partial charge in [0.05, 0.1) is 6.61 Å². The van der Waals surface area contributed by atoms with Crippen molar-refractivity contribution < 1.29 is 9.53 Å². The molecule has 20 heavy (non-hydrogen) atoms. The van der Waals surface area contributed by atoms with Crippen LogP contribution in [0.2, 0.25) is 0 Å². The highest BCUT2D eigenvalue weighted by atomic mass is 16.5. The second-order valence-corrected chi connectivity index (χ2v) is 5.63. The Morgan fingerprint density at radius 2 is 2.00 bits per heavy atom. The third-order valence-electron chi connectivity index (χ3n) is 3.63. The number of hydrogen-bond acceptors (Lipinski definition) is 5. The minimum Gasteiger partial charge on any atom is -0.461 e. The minimum absolute atomic E-state index is 0.0926. The van der Waals surface area contributed by atoms with Gasteiger partial charge in [-0.1, -0.05) is 6.92 Å². The van der Waals surface area contributed by atoms with Crippen molar-refractivity contribution in [1.82, 2.24) is 14.5 Å². The maximum absolute atomic E-state index is 11.9. The average molecular weight is 282 g/mol. The van der Waals surface area contributed by atoms with Crippen LogP contribution in [0.25, 0.3) is 0 Å². The van der Waals surface area contributed by atoms with Crippen LogP contribution in [0.5, 0.6) is 0 Å². The predicted octanol–water partition coefficient (Wildman–Crippen LogP) is 1.54. The van der Waals surface area contributed by atoms with E-state index >= 15 is 0 Å². The summed E-state index contributed by atoms with van der Waals surface area (Å²) in [5.41, 5.74) is 6.23. The van der Waals surface area contributed by atoms with Crippen molar-refractivity contribution in [3.05, 3.63) is 11.5 Å². The third kappa shape index (κ3) is 3.30. The number of nitrogens with two attached hydrogens (primary N) is 1. The van der Waals surface area contributed by atoms with Crippen molar-refractivity contribution in [1.29, 1.82) is 0 Å². The summed E-state index contributed by atoms with van der Waals surface area (Å²) in [6.45, 7) is 8.99. The maximum Gasteiger partial charge on any atom is 0.360 e. The van der Waals surface area contributed by atoms with Gasteiger partial charge in [0.15, 0.2) is 5.69 Å². The van der Waals surface area contributed by atoms with Crippen molar-refractivity contribution in [3.63, 3.8) is 0 Å². The van der Waals surface area contributed by atoms with Gasteiger partial charge in [0.2, 0.25) is 0 Å². The molecule has 0 saturated heterocycles. The molecule has 0 unspecified atom stereocenters. The molecule has 0 aliphatic heterocycles. The molecule has 6 heteroatoms. The second-order valence-electron chi connectivity index (χ2n) is 5.63. The number of ether oxygens (including phenoxy) is 1. The van der Waals surface area contributed by atoms with Crippen molar-refractivity contribution in [2.75, 3.05) is 26.4 Å². The van der Waals surface area contributed by atoms with Crippen LogP contribution in [0, 0.1) is 0 Å². The maximum atomic E-state index is 11.9. The summed E-state index contributed by atoms with van der Waals surface area (Å²) >= 11 is 0. The van der Waals surface area contributed by atoms with E-state index in [9.17, 15) is 4.79 Å². The van der Waals surface area contributed by atoms with Crippen molar-refractivity contribution in [2.45, 2.75) is 46.2 Å². The van der Waals surface area contributed by atoms with Crippen LogP contribution in [-0.2, 0) is 17.7 Å². The van der Waals surface area contributed by atoms with Crippen LogP contribution in [0.1, 0.15) is 44.0 Å². The monoisotopic (exact) mass is 282 g/mol. The van der Waals surface area contributed by atoms with Gasteiger partial charge in [0.25, 0.3) is 0 Å². The highest BCUT2D eigenvalue weighted by Gasteiger charge is 2.27. The Labute approximate surface area is 120 Å². The van der Waals surface area contributed by atoms with Crippen molar-refractivity contribution >= 4 is 11.8 Å². The Bertz CT molecular complexity index is 478. The number of nitrogen functional groups attached to an aromatic ring is 1. The highest BCUT2D eigenvalue weighted by Crippen LogP contribution is 2.22. The van der Waals surface area contributed by atoms with Crippen LogP contribution >= 0.6 is 0 Å². The first-order valence-electron chi connectivity index (χ1n) is 6.94. The number of carbonyl (C=O) groups is 1. The summed E-state index contributed by atoms with van der Waals surface area (Å²) in [7, 11) is 4.04. The standard InChI is InChI=1S/C14H26N4O2/c1-7-10-16-11(13(19)20-8-2)12(15)18(10)9-14(3,4)17(5)6/h7-9,15H2,1-6H3. The average Bonchev–Trinajstić information content (AvgIpc) is 2.66. The number of aromatic nitrogens is 2. The topological polar surface area (TPSA) is 73.4 Å². The van der Waals surface area contributed by atoms with Gasteiger partial charge in [0, 0.05) is 18.5 Å². The molecule has 0 aromatic carbocycles. The first-order chi connectivity index (χ1) is 9.24. The molecule has 0 saturated carbocycles. The molecule has 1 aromatic heterocycles. The summed E-state index contributed by atoms with van der Waals surface area (Å²) in [5, 5.41) is 0. The van der Waals surface area contributed by atoms with Crippen LogP contribution in [0.4, 0.5) is 5.82 Å². The van der Waals surface area contributed by atoms with Crippen LogP contribution in [0.3, 0.4) is 0 Å². The Kier molecular flexibility index (Phi) is 5.16. The lowest BCUT2D eigenvalue weighted by Crippen LogP contribution is -2.42. The van der Waals surface area contributed by atoms with E-state index < -0.39 is 5.97 Å². The Balaban J connectivity index is 3.16. The summed E-state index contributed by atoms with van der Waals surface area (Å²) < 4.78 is 6.90. The molecule has 0 atom stereocenters. The SMILES string of the molecule is CCOC(=O)c1nc(CC)n(CC(C)(C)N(C)C)c1N. The molecular formula is C14H26N4O2. The fraction of sp³-hybridized carbons (Fsp3) is 0.714. The predicted molar refractivity (Wildman–Crippen MR) is 79.7 cm³/mol. The zero-order valence-corrected chi connectivity index (χ0v) is 13.4. The van der Waals surface area contributed by atoms with E-state index in [2.05, 4.69) is 23.7 Å².